The number of nitro benzene ring substituents is 1. The number of benzene rings is 2. The van der Waals surface area contributed by atoms with Crippen LogP contribution in [-0.2, 0) is 9.53 Å². The summed E-state index contributed by atoms with van der Waals surface area (Å²) in [7, 11) is 1.23. The average molecular weight is 470 g/mol. The number of carbonyl (C=O) groups excluding carboxylic acids is 1. The third-order valence-electron chi connectivity index (χ3n) is 4.99. The molecule has 0 radical (unpaired) electrons. The van der Waals surface area contributed by atoms with Gasteiger partial charge in [-0.25, -0.2) is 9.79 Å². The molecule has 1 aliphatic heterocycles. The van der Waals surface area contributed by atoms with Gasteiger partial charge in [-0.2, -0.15) is 0 Å². The number of fused-ring (bicyclic) bond motifs is 1. The van der Waals surface area contributed by atoms with E-state index in [1.54, 1.807) is 43.3 Å². The number of hydrogen-bond donors (Lipinski definition) is 0. The second kappa shape index (κ2) is 8.52. The van der Waals surface area contributed by atoms with Crippen molar-refractivity contribution in [3.05, 3.63) is 106 Å². The molecule has 1 aliphatic rings. The van der Waals surface area contributed by atoms with Gasteiger partial charge in [0, 0.05) is 17.2 Å². The highest BCUT2D eigenvalue weighted by Crippen LogP contribution is 2.32. The Morgan fingerprint density at radius 3 is 2.66 bits per heavy atom. The van der Waals surface area contributed by atoms with Crippen molar-refractivity contribution in [2.75, 3.05) is 7.11 Å². The van der Waals surface area contributed by atoms with E-state index in [1.807, 2.05) is 0 Å². The number of hydrogen-bond acceptors (Lipinski definition) is 7. The standard InChI is InChI=1S/C22H16ClN3O5S/c1-12-18(21(28)31-2)19(14-4-3-5-16(11-14)26(29)30)25-20(27)17(32-22(25)24-12)10-13-6-8-15(23)9-7-13/h3-11,19H,1-2H3. The van der Waals surface area contributed by atoms with Crippen LogP contribution in [0.5, 0.6) is 0 Å². The Balaban J connectivity index is 1.98. The lowest BCUT2D eigenvalue weighted by Crippen LogP contribution is -2.39. The third kappa shape index (κ3) is 3.88. The van der Waals surface area contributed by atoms with Crippen molar-refractivity contribution in [1.82, 2.24) is 4.57 Å². The zero-order valence-electron chi connectivity index (χ0n) is 16.9. The van der Waals surface area contributed by atoms with Crippen LogP contribution in [0.1, 0.15) is 24.1 Å². The van der Waals surface area contributed by atoms with Crippen LogP contribution >= 0.6 is 22.9 Å². The normalized spacial score (nSPS) is 15.8. The summed E-state index contributed by atoms with van der Waals surface area (Å²) in [6.07, 6.45) is 1.71. The van der Waals surface area contributed by atoms with E-state index < -0.39 is 16.9 Å². The maximum atomic E-state index is 13.4. The van der Waals surface area contributed by atoms with E-state index in [1.165, 1.54) is 41.2 Å². The van der Waals surface area contributed by atoms with Crippen molar-refractivity contribution in [2.45, 2.75) is 13.0 Å². The molecular formula is C22H16ClN3O5S. The predicted molar refractivity (Wildman–Crippen MR) is 120 cm³/mol. The highest BCUT2D eigenvalue weighted by atomic mass is 35.5. The van der Waals surface area contributed by atoms with Crippen molar-refractivity contribution in [2.24, 2.45) is 4.99 Å². The van der Waals surface area contributed by atoms with Crippen LogP contribution < -0.4 is 14.9 Å². The van der Waals surface area contributed by atoms with Crippen molar-refractivity contribution in [3.63, 3.8) is 0 Å². The molecule has 8 nitrogen and oxygen atoms in total. The van der Waals surface area contributed by atoms with Gasteiger partial charge in [-0.05, 0) is 36.3 Å². The number of nitro groups is 1. The first-order valence-corrected chi connectivity index (χ1v) is 10.6. The summed E-state index contributed by atoms with van der Waals surface area (Å²) in [6.45, 7) is 1.65. The fourth-order valence-corrected chi connectivity index (χ4v) is 4.70. The fourth-order valence-electron chi connectivity index (χ4n) is 3.53. The molecule has 3 aromatic rings. The minimum atomic E-state index is -0.911. The number of carbonyl (C=O) groups is 1. The molecular weight excluding hydrogens is 454 g/mol. The molecule has 1 atom stereocenters. The number of rotatable bonds is 4. The number of ether oxygens (including phenoxy) is 1. The zero-order chi connectivity index (χ0) is 23.0. The number of halogens is 1. The molecule has 10 heteroatoms. The van der Waals surface area contributed by atoms with E-state index in [2.05, 4.69) is 4.99 Å². The molecule has 4 rings (SSSR count). The lowest BCUT2D eigenvalue weighted by Gasteiger charge is -2.24. The zero-order valence-corrected chi connectivity index (χ0v) is 18.5. The van der Waals surface area contributed by atoms with Gasteiger partial charge < -0.3 is 4.74 Å². The Hall–Kier alpha value is -3.56. The first-order chi connectivity index (χ1) is 15.3. The van der Waals surface area contributed by atoms with Gasteiger partial charge in [-0.1, -0.05) is 47.2 Å². The quantitative estimate of drug-likeness (QED) is 0.332. The molecule has 2 heterocycles. The Bertz CT molecular complexity index is 1450. The first kappa shape index (κ1) is 21.7. The average Bonchev–Trinajstić information content (AvgIpc) is 3.08. The number of allylic oxidation sites excluding steroid dienone is 1. The molecule has 2 aromatic carbocycles. The van der Waals surface area contributed by atoms with Crippen LogP contribution in [0.3, 0.4) is 0 Å². The number of nitrogens with zero attached hydrogens (tertiary/aromatic N) is 3. The smallest absolute Gasteiger partial charge is 0.338 e. The Morgan fingerprint density at radius 2 is 2.00 bits per heavy atom. The minimum Gasteiger partial charge on any atom is -0.466 e. The van der Waals surface area contributed by atoms with Gasteiger partial charge in [-0.15, -0.1) is 0 Å². The number of thiazole rings is 1. The van der Waals surface area contributed by atoms with Crippen LogP contribution in [0.15, 0.2) is 69.6 Å². The van der Waals surface area contributed by atoms with Crippen molar-refractivity contribution in [1.29, 1.82) is 0 Å². The molecule has 0 saturated carbocycles. The summed E-state index contributed by atoms with van der Waals surface area (Å²) in [5.74, 6) is -0.658. The summed E-state index contributed by atoms with van der Waals surface area (Å²) < 4.78 is 6.72. The Labute approximate surface area is 190 Å². The number of non-ortho nitro benzene ring substituents is 1. The predicted octanol–water partition coefficient (Wildman–Crippen LogP) is 2.97. The van der Waals surface area contributed by atoms with Gasteiger partial charge >= 0.3 is 5.97 Å². The monoisotopic (exact) mass is 469 g/mol. The molecule has 1 aromatic heterocycles. The van der Waals surface area contributed by atoms with Gasteiger partial charge in [0.1, 0.15) is 0 Å². The lowest BCUT2D eigenvalue weighted by molar-refractivity contribution is -0.384. The summed E-state index contributed by atoms with van der Waals surface area (Å²) in [5, 5.41) is 11.9. The van der Waals surface area contributed by atoms with Crippen LogP contribution in [0, 0.1) is 10.1 Å². The maximum absolute atomic E-state index is 13.4. The van der Waals surface area contributed by atoms with E-state index in [0.29, 0.717) is 25.6 Å². The molecule has 0 fully saturated rings. The topological polar surface area (TPSA) is 104 Å². The van der Waals surface area contributed by atoms with E-state index >= 15 is 0 Å². The fraction of sp³-hybridized carbons (Fsp3) is 0.136. The number of aromatic nitrogens is 1. The Kier molecular flexibility index (Phi) is 5.77. The maximum Gasteiger partial charge on any atom is 0.338 e. The van der Waals surface area contributed by atoms with E-state index in [-0.39, 0.29) is 16.8 Å². The molecule has 1 unspecified atom stereocenters. The van der Waals surface area contributed by atoms with Gasteiger partial charge in [0.05, 0.1) is 33.9 Å². The highest BCUT2D eigenvalue weighted by molar-refractivity contribution is 7.07. The van der Waals surface area contributed by atoms with Crippen LogP contribution in [0.25, 0.3) is 6.08 Å². The summed E-state index contributed by atoms with van der Waals surface area (Å²) in [4.78, 5) is 41.7. The van der Waals surface area contributed by atoms with Crippen LogP contribution in [0.2, 0.25) is 5.02 Å². The molecule has 0 N–H and O–H groups in total. The van der Waals surface area contributed by atoms with Crippen molar-refractivity contribution >= 4 is 40.7 Å². The van der Waals surface area contributed by atoms with Crippen molar-refractivity contribution < 1.29 is 14.5 Å². The third-order valence-corrected chi connectivity index (χ3v) is 6.23. The number of methoxy groups -OCH3 is 1. The van der Waals surface area contributed by atoms with Gasteiger partial charge in [0.15, 0.2) is 4.80 Å². The SMILES string of the molecule is COC(=O)C1=C(C)N=c2sc(=Cc3ccc(Cl)cc3)c(=O)n2C1c1cccc([N+](=O)[O-])c1. The van der Waals surface area contributed by atoms with E-state index in [9.17, 15) is 19.7 Å². The van der Waals surface area contributed by atoms with Gasteiger partial charge in [0.25, 0.3) is 11.2 Å². The molecule has 0 saturated heterocycles. The van der Waals surface area contributed by atoms with E-state index in [0.717, 1.165) is 5.56 Å². The number of esters is 1. The first-order valence-electron chi connectivity index (χ1n) is 9.41. The largest absolute Gasteiger partial charge is 0.466 e. The summed E-state index contributed by atoms with van der Waals surface area (Å²) >= 11 is 7.11. The molecule has 32 heavy (non-hydrogen) atoms. The minimum absolute atomic E-state index is 0.148. The summed E-state index contributed by atoms with van der Waals surface area (Å²) in [5.41, 5.74) is 1.20. The van der Waals surface area contributed by atoms with Crippen molar-refractivity contribution in [3.8, 4) is 0 Å². The lowest BCUT2D eigenvalue weighted by atomic mass is 9.95. The van der Waals surface area contributed by atoms with E-state index in [4.69, 9.17) is 16.3 Å². The summed E-state index contributed by atoms with van der Waals surface area (Å²) in [6, 6.07) is 11.9. The highest BCUT2D eigenvalue weighted by Gasteiger charge is 2.33. The van der Waals surface area contributed by atoms with Gasteiger partial charge in [-0.3, -0.25) is 19.5 Å². The Morgan fingerprint density at radius 1 is 1.28 bits per heavy atom. The van der Waals surface area contributed by atoms with Crippen LogP contribution in [-0.4, -0.2) is 22.6 Å². The second-order valence-corrected chi connectivity index (χ2v) is 8.42. The van der Waals surface area contributed by atoms with Gasteiger partial charge in [0.2, 0.25) is 0 Å². The molecule has 0 bridgehead atoms. The molecule has 162 valence electrons. The second-order valence-electron chi connectivity index (χ2n) is 6.98. The van der Waals surface area contributed by atoms with Crippen LogP contribution in [0.4, 0.5) is 5.69 Å². The molecule has 0 aliphatic carbocycles. The molecule has 0 amide bonds. The molecule has 0 spiro atoms.